The number of hydrogen-bond donors (Lipinski definition) is 2. The van der Waals surface area contributed by atoms with Crippen LogP contribution in [0.4, 0.5) is 5.69 Å². The van der Waals surface area contributed by atoms with Crippen LogP contribution in [-0.4, -0.2) is 70.8 Å². The van der Waals surface area contributed by atoms with Gasteiger partial charge in [0.25, 0.3) is 0 Å². The number of para-hydroxylation sites is 2. The van der Waals surface area contributed by atoms with E-state index in [9.17, 15) is 0 Å². The van der Waals surface area contributed by atoms with Crippen molar-refractivity contribution in [3.05, 3.63) is 60.2 Å². The van der Waals surface area contributed by atoms with Gasteiger partial charge in [0.05, 0.1) is 7.11 Å². The lowest BCUT2D eigenvalue weighted by Crippen LogP contribution is -2.47. The first-order chi connectivity index (χ1) is 14.8. The summed E-state index contributed by atoms with van der Waals surface area (Å²) in [5.74, 6) is 1.80. The highest BCUT2D eigenvalue weighted by Gasteiger charge is 2.16. The predicted molar refractivity (Wildman–Crippen MR) is 141 cm³/mol. The number of guanidine groups is 1. The minimum Gasteiger partial charge on any atom is -0.496 e. The van der Waals surface area contributed by atoms with Crippen molar-refractivity contribution in [1.82, 2.24) is 15.5 Å². The summed E-state index contributed by atoms with van der Waals surface area (Å²) in [6.45, 7) is 7.32. The molecule has 170 valence electrons. The van der Waals surface area contributed by atoms with Gasteiger partial charge in [-0.05, 0) is 43.1 Å². The van der Waals surface area contributed by atoms with Gasteiger partial charge in [-0.3, -0.25) is 9.89 Å². The molecule has 2 N–H and O–H groups in total. The van der Waals surface area contributed by atoms with Crippen molar-refractivity contribution < 1.29 is 4.74 Å². The van der Waals surface area contributed by atoms with Gasteiger partial charge in [-0.25, -0.2) is 0 Å². The molecule has 0 saturated carbocycles. The van der Waals surface area contributed by atoms with E-state index in [2.05, 4.69) is 61.8 Å². The number of aliphatic imine (C=N–C) groups is 1. The number of rotatable bonds is 9. The van der Waals surface area contributed by atoms with E-state index < -0.39 is 0 Å². The van der Waals surface area contributed by atoms with E-state index in [1.807, 2.05) is 25.2 Å². The molecule has 1 heterocycles. The molecule has 0 aliphatic carbocycles. The molecule has 1 fully saturated rings. The standard InChI is InChI=1S/C24H35N5O.HI/c1-25-24(27-15-13-21-9-6-7-12-23(21)30-2)26-14-8-16-28-17-19-29(20-18-28)22-10-4-3-5-11-22;/h3-7,9-12H,8,13-20H2,1-2H3,(H2,25,26,27);1H. The molecule has 0 amide bonds. The summed E-state index contributed by atoms with van der Waals surface area (Å²) < 4.78 is 5.42. The Morgan fingerprint density at radius 3 is 2.32 bits per heavy atom. The zero-order valence-corrected chi connectivity index (χ0v) is 21.0. The Balaban J connectivity index is 0.00000341. The molecule has 0 unspecified atom stereocenters. The number of nitrogens with one attached hydrogen (secondary N) is 2. The number of benzene rings is 2. The monoisotopic (exact) mass is 537 g/mol. The van der Waals surface area contributed by atoms with Crippen molar-refractivity contribution in [3.8, 4) is 5.75 Å². The van der Waals surface area contributed by atoms with Gasteiger partial charge in [-0.1, -0.05) is 36.4 Å². The third-order valence-electron chi connectivity index (χ3n) is 5.54. The summed E-state index contributed by atoms with van der Waals surface area (Å²) >= 11 is 0. The molecule has 7 heteroatoms. The van der Waals surface area contributed by atoms with Crippen LogP contribution in [0.25, 0.3) is 0 Å². The second-order valence-corrected chi connectivity index (χ2v) is 7.51. The van der Waals surface area contributed by atoms with Crippen LogP contribution in [0, 0.1) is 0 Å². The molecule has 2 aromatic rings. The molecule has 2 aromatic carbocycles. The second-order valence-electron chi connectivity index (χ2n) is 7.51. The van der Waals surface area contributed by atoms with Gasteiger partial charge in [0.15, 0.2) is 5.96 Å². The highest BCUT2D eigenvalue weighted by molar-refractivity contribution is 14.0. The van der Waals surface area contributed by atoms with Crippen LogP contribution in [-0.2, 0) is 6.42 Å². The number of nitrogens with zero attached hydrogens (tertiary/aromatic N) is 3. The zero-order valence-electron chi connectivity index (χ0n) is 18.7. The number of anilines is 1. The Morgan fingerprint density at radius 1 is 0.935 bits per heavy atom. The van der Waals surface area contributed by atoms with Gasteiger partial charge >= 0.3 is 0 Å². The fraction of sp³-hybridized carbons (Fsp3) is 0.458. The lowest BCUT2D eigenvalue weighted by atomic mass is 10.1. The minimum absolute atomic E-state index is 0. The second kappa shape index (κ2) is 14.1. The Bertz CT molecular complexity index is 779. The van der Waals surface area contributed by atoms with Crippen LogP contribution in [0.15, 0.2) is 59.6 Å². The van der Waals surface area contributed by atoms with E-state index in [-0.39, 0.29) is 24.0 Å². The first-order valence-corrected chi connectivity index (χ1v) is 10.9. The molecular formula is C24H36IN5O. The first-order valence-electron chi connectivity index (χ1n) is 10.9. The summed E-state index contributed by atoms with van der Waals surface area (Å²) in [5, 5.41) is 6.82. The van der Waals surface area contributed by atoms with Crippen molar-refractivity contribution in [1.29, 1.82) is 0 Å². The largest absolute Gasteiger partial charge is 0.496 e. The zero-order chi connectivity index (χ0) is 21.0. The van der Waals surface area contributed by atoms with Crippen LogP contribution >= 0.6 is 24.0 Å². The summed E-state index contributed by atoms with van der Waals surface area (Å²) in [6, 6.07) is 18.9. The molecule has 0 bridgehead atoms. The summed E-state index contributed by atoms with van der Waals surface area (Å²) in [5.41, 5.74) is 2.54. The van der Waals surface area contributed by atoms with Crippen molar-refractivity contribution in [2.45, 2.75) is 12.8 Å². The lowest BCUT2D eigenvalue weighted by molar-refractivity contribution is 0.255. The normalized spacial score (nSPS) is 14.6. The maximum atomic E-state index is 5.42. The highest BCUT2D eigenvalue weighted by Crippen LogP contribution is 2.17. The Hall–Kier alpha value is -2.00. The Labute approximate surface area is 204 Å². The van der Waals surface area contributed by atoms with Crippen molar-refractivity contribution >= 4 is 35.6 Å². The number of halogens is 1. The van der Waals surface area contributed by atoms with Crippen molar-refractivity contribution in [2.24, 2.45) is 4.99 Å². The molecule has 3 rings (SSSR count). The van der Waals surface area contributed by atoms with Gasteiger partial charge in [-0.15, -0.1) is 24.0 Å². The number of methoxy groups -OCH3 is 1. The Kier molecular flexibility index (Phi) is 11.5. The number of piperazine rings is 1. The van der Waals surface area contributed by atoms with Gasteiger partial charge in [0, 0.05) is 52.0 Å². The smallest absolute Gasteiger partial charge is 0.190 e. The van der Waals surface area contributed by atoms with E-state index in [0.29, 0.717) is 0 Å². The lowest BCUT2D eigenvalue weighted by Gasteiger charge is -2.36. The first kappa shape index (κ1) is 25.3. The van der Waals surface area contributed by atoms with Crippen LogP contribution < -0.4 is 20.3 Å². The number of hydrogen-bond acceptors (Lipinski definition) is 4. The van der Waals surface area contributed by atoms with Crippen LogP contribution in [0.2, 0.25) is 0 Å². The maximum absolute atomic E-state index is 5.42. The molecule has 6 nitrogen and oxygen atoms in total. The molecule has 0 atom stereocenters. The molecule has 0 spiro atoms. The van der Waals surface area contributed by atoms with Crippen LogP contribution in [0.1, 0.15) is 12.0 Å². The molecule has 31 heavy (non-hydrogen) atoms. The van der Waals surface area contributed by atoms with E-state index in [4.69, 9.17) is 4.74 Å². The quantitative estimate of drug-likeness (QED) is 0.223. The molecule has 1 aliphatic heterocycles. The fourth-order valence-electron chi connectivity index (χ4n) is 3.82. The average Bonchev–Trinajstić information content (AvgIpc) is 2.82. The van der Waals surface area contributed by atoms with Crippen molar-refractivity contribution in [3.63, 3.8) is 0 Å². The Morgan fingerprint density at radius 2 is 1.61 bits per heavy atom. The van der Waals surface area contributed by atoms with Crippen molar-refractivity contribution in [2.75, 3.05) is 64.9 Å². The molecule has 0 aromatic heterocycles. The third kappa shape index (κ3) is 8.22. The van der Waals surface area contributed by atoms with E-state index >= 15 is 0 Å². The highest BCUT2D eigenvalue weighted by atomic mass is 127. The van der Waals surface area contributed by atoms with E-state index in [1.54, 1.807) is 7.11 Å². The SMILES string of the molecule is CN=C(NCCCN1CCN(c2ccccc2)CC1)NCCc1ccccc1OC.I. The molecule has 1 saturated heterocycles. The van der Waals surface area contributed by atoms with Gasteiger partial charge in [0.2, 0.25) is 0 Å². The third-order valence-corrected chi connectivity index (χ3v) is 5.54. The van der Waals surface area contributed by atoms with E-state index in [1.165, 1.54) is 11.3 Å². The topological polar surface area (TPSA) is 52.1 Å². The summed E-state index contributed by atoms with van der Waals surface area (Å²) in [4.78, 5) is 9.36. The maximum Gasteiger partial charge on any atom is 0.190 e. The average molecular weight is 537 g/mol. The van der Waals surface area contributed by atoms with Crippen LogP contribution in [0.3, 0.4) is 0 Å². The van der Waals surface area contributed by atoms with Gasteiger partial charge in [0.1, 0.15) is 5.75 Å². The molecule has 1 aliphatic rings. The minimum atomic E-state index is 0. The summed E-state index contributed by atoms with van der Waals surface area (Å²) in [7, 11) is 3.54. The summed E-state index contributed by atoms with van der Waals surface area (Å²) in [6.07, 6.45) is 2.01. The number of ether oxygens (including phenoxy) is 1. The van der Waals surface area contributed by atoms with Gasteiger partial charge in [-0.2, -0.15) is 0 Å². The fourth-order valence-corrected chi connectivity index (χ4v) is 3.82. The van der Waals surface area contributed by atoms with Crippen LogP contribution in [0.5, 0.6) is 5.75 Å². The van der Waals surface area contributed by atoms with Gasteiger partial charge < -0.3 is 20.3 Å². The molecule has 0 radical (unpaired) electrons. The molecular weight excluding hydrogens is 501 g/mol. The predicted octanol–water partition coefficient (Wildman–Crippen LogP) is 3.23. The van der Waals surface area contributed by atoms with E-state index in [0.717, 1.165) is 70.4 Å².